The number of amides is 1. The molecular formula is C12H6Cl2N2OS. The van der Waals surface area contributed by atoms with Crippen molar-refractivity contribution >= 4 is 46.1 Å². The second-order valence-corrected chi connectivity index (χ2v) is 5.11. The molecule has 1 aromatic carbocycles. The van der Waals surface area contributed by atoms with Gasteiger partial charge in [-0.1, -0.05) is 23.2 Å². The van der Waals surface area contributed by atoms with Crippen LogP contribution < -0.4 is 5.32 Å². The van der Waals surface area contributed by atoms with Gasteiger partial charge in [-0.3, -0.25) is 4.79 Å². The van der Waals surface area contributed by atoms with Crippen LogP contribution >= 0.6 is 34.5 Å². The molecule has 0 bridgehead atoms. The van der Waals surface area contributed by atoms with Gasteiger partial charge in [0.1, 0.15) is 10.9 Å². The molecule has 0 saturated heterocycles. The Balaban J connectivity index is 2.30. The molecular weight excluding hydrogens is 291 g/mol. The third-order valence-electron chi connectivity index (χ3n) is 2.17. The largest absolute Gasteiger partial charge is 0.320 e. The van der Waals surface area contributed by atoms with Crippen LogP contribution in [0, 0.1) is 11.3 Å². The third-order valence-corrected chi connectivity index (χ3v) is 3.75. The molecule has 1 heterocycles. The van der Waals surface area contributed by atoms with E-state index in [2.05, 4.69) is 5.32 Å². The monoisotopic (exact) mass is 296 g/mol. The number of nitrogens with zero attached hydrogens (tertiary/aromatic N) is 1. The number of benzene rings is 1. The van der Waals surface area contributed by atoms with E-state index < -0.39 is 0 Å². The number of nitriles is 1. The Morgan fingerprint density at radius 2 is 2.11 bits per heavy atom. The Bertz CT molecular complexity index is 646. The van der Waals surface area contributed by atoms with Gasteiger partial charge in [-0.25, -0.2) is 0 Å². The molecule has 1 aromatic heterocycles. The Morgan fingerprint density at radius 1 is 1.33 bits per heavy atom. The predicted molar refractivity (Wildman–Crippen MR) is 73.4 cm³/mol. The Kier molecular flexibility index (Phi) is 3.87. The zero-order chi connectivity index (χ0) is 13.1. The number of hydrogen-bond donors (Lipinski definition) is 1. The fraction of sp³-hybridized carbons (Fsp3) is 0. The molecule has 18 heavy (non-hydrogen) atoms. The van der Waals surface area contributed by atoms with Gasteiger partial charge in [-0.05, 0) is 29.6 Å². The van der Waals surface area contributed by atoms with Crippen molar-refractivity contribution in [2.75, 3.05) is 5.32 Å². The van der Waals surface area contributed by atoms with Gasteiger partial charge in [0, 0.05) is 5.02 Å². The smallest absolute Gasteiger partial charge is 0.267 e. The first-order chi connectivity index (χ1) is 8.61. The SMILES string of the molecule is N#Cc1ccc(Cl)cc1NC(=O)c1sccc1Cl. The van der Waals surface area contributed by atoms with Gasteiger partial charge < -0.3 is 5.32 Å². The predicted octanol–water partition coefficient (Wildman–Crippen LogP) is 4.18. The summed E-state index contributed by atoms with van der Waals surface area (Å²) in [7, 11) is 0. The number of halogens is 2. The average molecular weight is 297 g/mol. The van der Waals surface area contributed by atoms with Gasteiger partial charge in [0.15, 0.2) is 0 Å². The quantitative estimate of drug-likeness (QED) is 0.904. The van der Waals surface area contributed by atoms with E-state index in [0.717, 1.165) is 0 Å². The lowest BCUT2D eigenvalue weighted by atomic mass is 10.2. The topological polar surface area (TPSA) is 52.9 Å². The highest BCUT2D eigenvalue weighted by Crippen LogP contribution is 2.25. The summed E-state index contributed by atoms with van der Waals surface area (Å²) in [5.74, 6) is -0.353. The number of nitrogens with one attached hydrogen (secondary N) is 1. The van der Waals surface area contributed by atoms with Crippen LogP contribution in [-0.2, 0) is 0 Å². The molecule has 90 valence electrons. The maximum Gasteiger partial charge on any atom is 0.267 e. The van der Waals surface area contributed by atoms with Crippen molar-refractivity contribution in [1.29, 1.82) is 5.26 Å². The molecule has 0 atom stereocenters. The normalized spacial score (nSPS) is 9.83. The molecule has 2 rings (SSSR count). The Labute approximate surface area is 118 Å². The van der Waals surface area contributed by atoms with E-state index in [-0.39, 0.29) is 5.91 Å². The lowest BCUT2D eigenvalue weighted by Gasteiger charge is -2.06. The lowest BCUT2D eigenvalue weighted by Crippen LogP contribution is -2.11. The third kappa shape index (κ3) is 2.65. The molecule has 0 saturated carbocycles. The van der Waals surface area contributed by atoms with Crippen LogP contribution in [0.1, 0.15) is 15.2 Å². The minimum Gasteiger partial charge on any atom is -0.320 e. The lowest BCUT2D eigenvalue weighted by molar-refractivity contribution is 0.103. The summed E-state index contributed by atoms with van der Waals surface area (Å²) in [6, 6.07) is 8.30. The van der Waals surface area contributed by atoms with Gasteiger partial charge in [-0.15, -0.1) is 11.3 Å². The first kappa shape index (κ1) is 12.9. The molecule has 6 heteroatoms. The van der Waals surface area contributed by atoms with E-state index in [1.54, 1.807) is 23.6 Å². The second-order valence-electron chi connectivity index (χ2n) is 3.35. The summed E-state index contributed by atoms with van der Waals surface area (Å²) in [4.78, 5) is 12.3. The van der Waals surface area contributed by atoms with Gasteiger partial charge in [0.25, 0.3) is 5.91 Å². The van der Waals surface area contributed by atoms with Crippen LogP contribution in [0.4, 0.5) is 5.69 Å². The molecule has 0 fully saturated rings. The molecule has 1 N–H and O–H groups in total. The van der Waals surface area contributed by atoms with Gasteiger partial charge in [0.2, 0.25) is 0 Å². The molecule has 1 amide bonds. The van der Waals surface area contributed by atoms with E-state index in [1.165, 1.54) is 17.4 Å². The maximum absolute atomic E-state index is 11.9. The fourth-order valence-electron chi connectivity index (χ4n) is 1.35. The van der Waals surface area contributed by atoms with Crippen molar-refractivity contribution in [3.8, 4) is 6.07 Å². The molecule has 3 nitrogen and oxygen atoms in total. The van der Waals surface area contributed by atoms with Gasteiger partial charge in [-0.2, -0.15) is 5.26 Å². The molecule has 0 aliphatic heterocycles. The summed E-state index contributed by atoms with van der Waals surface area (Å²) in [5, 5.41) is 14.1. The molecule has 0 unspecified atom stereocenters. The number of thiophene rings is 1. The van der Waals surface area contributed by atoms with Crippen molar-refractivity contribution in [3.63, 3.8) is 0 Å². The van der Waals surface area contributed by atoms with Crippen molar-refractivity contribution in [2.45, 2.75) is 0 Å². The van der Waals surface area contributed by atoms with Crippen molar-refractivity contribution in [2.24, 2.45) is 0 Å². The average Bonchev–Trinajstić information content (AvgIpc) is 2.76. The highest BCUT2D eigenvalue weighted by atomic mass is 35.5. The van der Waals surface area contributed by atoms with Crippen molar-refractivity contribution in [3.05, 3.63) is 50.1 Å². The number of carbonyl (C=O) groups is 1. The van der Waals surface area contributed by atoms with Crippen LogP contribution in [0.15, 0.2) is 29.6 Å². The van der Waals surface area contributed by atoms with Crippen LogP contribution in [-0.4, -0.2) is 5.91 Å². The van der Waals surface area contributed by atoms with Crippen LogP contribution in [0.25, 0.3) is 0 Å². The Hall–Kier alpha value is -1.54. The molecule has 2 aromatic rings. The first-order valence-electron chi connectivity index (χ1n) is 4.86. The van der Waals surface area contributed by atoms with Crippen molar-refractivity contribution < 1.29 is 4.79 Å². The van der Waals surface area contributed by atoms with Crippen LogP contribution in [0.5, 0.6) is 0 Å². The van der Waals surface area contributed by atoms with Gasteiger partial charge >= 0.3 is 0 Å². The fourth-order valence-corrected chi connectivity index (χ4v) is 2.56. The van der Waals surface area contributed by atoms with Crippen molar-refractivity contribution in [1.82, 2.24) is 0 Å². The summed E-state index contributed by atoms with van der Waals surface area (Å²) in [6.45, 7) is 0. The second kappa shape index (κ2) is 5.40. The van der Waals surface area contributed by atoms with E-state index in [1.807, 2.05) is 6.07 Å². The number of anilines is 1. The summed E-state index contributed by atoms with van der Waals surface area (Å²) in [6.07, 6.45) is 0. The van der Waals surface area contributed by atoms with E-state index in [4.69, 9.17) is 28.5 Å². The zero-order valence-electron chi connectivity index (χ0n) is 8.91. The summed E-state index contributed by atoms with van der Waals surface area (Å²) < 4.78 is 0. The Morgan fingerprint density at radius 3 is 2.72 bits per heavy atom. The van der Waals surface area contributed by atoms with E-state index >= 15 is 0 Å². The standard InChI is InChI=1S/C12H6Cl2N2OS/c13-8-2-1-7(6-15)10(5-8)16-12(17)11-9(14)3-4-18-11/h1-5H,(H,16,17). The van der Waals surface area contributed by atoms with Crippen LogP contribution in [0.2, 0.25) is 10.0 Å². The summed E-state index contributed by atoms with van der Waals surface area (Å²) >= 11 is 12.9. The zero-order valence-corrected chi connectivity index (χ0v) is 11.2. The minimum absolute atomic E-state index is 0.348. The maximum atomic E-state index is 11.9. The number of rotatable bonds is 2. The molecule has 0 aliphatic carbocycles. The molecule has 0 aliphatic rings. The highest BCUT2D eigenvalue weighted by molar-refractivity contribution is 7.12. The summed E-state index contributed by atoms with van der Waals surface area (Å²) in [5.41, 5.74) is 0.722. The van der Waals surface area contributed by atoms with Crippen LogP contribution in [0.3, 0.4) is 0 Å². The number of carbonyl (C=O) groups excluding carboxylic acids is 1. The molecule has 0 spiro atoms. The van der Waals surface area contributed by atoms with Gasteiger partial charge in [0.05, 0.1) is 16.3 Å². The van der Waals surface area contributed by atoms with E-state index in [9.17, 15) is 4.79 Å². The first-order valence-corrected chi connectivity index (χ1v) is 6.49. The number of hydrogen-bond acceptors (Lipinski definition) is 3. The highest BCUT2D eigenvalue weighted by Gasteiger charge is 2.14. The molecule has 0 radical (unpaired) electrons. The minimum atomic E-state index is -0.353. The van der Waals surface area contributed by atoms with E-state index in [0.29, 0.717) is 26.2 Å².